The van der Waals surface area contributed by atoms with E-state index in [-0.39, 0.29) is 5.91 Å². The fraction of sp³-hybridized carbons (Fsp3) is 0.588. The van der Waals surface area contributed by atoms with Gasteiger partial charge in [-0.15, -0.1) is 0 Å². The number of rotatable bonds is 9. The van der Waals surface area contributed by atoms with E-state index in [2.05, 4.69) is 43.1 Å². The second kappa shape index (κ2) is 9.53. The van der Waals surface area contributed by atoms with E-state index in [0.29, 0.717) is 13.0 Å². The van der Waals surface area contributed by atoms with Gasteiger partial charge in [0.1, 0.15) is 0 Å². The van der Waals surface area contributed by atoms with Crippen LogP contribution in [-0.4, -0.2) is 49.4 Å². The van der Waals surface area contributed by atoms with Crippen LogP contribution in [0, 0.1) is 0 Å². The molecule has 1 rings (SSSR count). The average molecular weight is 291 g/mol. The second-order valence-electron chi connectivity index (χ2n) is 5.62. The first-order valence-corrected chi connectivity index (χ1v) is 7.77. The summed E-state index contributed by atoms with van der Waals surface area (Å²) in [7, 11) is 3.91. The lowest BCUT2D eigenvalue weighted by atomic mass is 10.1. The van der Waals surface area contributed by atoms with Crippen LogP contribution in [0.1, 0.15) is 30.9 Å². The van der Waals surface area contributed by atoms with Crippen molar-refractivity contribution in [2.75, 3.05) is 33.7 Å². The molecule has 1 amide bonds. The number of nitrogens with two attached hydrogens (primary N) is 1. The molecule has 1 aromatic rings. The molecular weight excluding hydrogens is 262 g/mol. The fourth-order valence-corrected chi connectivity index (χ4v) is 2.20. The van der Waals surface area contributed by atoms with Gasteiger partial charge in [-0.1, -0.05) is 31.2 Å². The molecule has 0 aromatic heterocycles. The Morgan fingerprint density at radius 3 is 2.29 bits per heavy atom. The summed E-state index contributed by atoms with van der Waals surface area (Å²) in [6.45, 7) is 5.20. The predicted octanol–water partition coefficient (Wildman–Crippen LogP) is 1.88. The van der Waals surface area contributed by atoms with Gasteiger partial charge < -0.3 is 15.5 Å². The molecule has 21 heavy (non-hydrogen) atoms. The van der Waals surface area contributed by atoms with Gasteiger partial charge in [0.05, 0.1) is 0 Å². The summed E-state index contributed by atoms with van der Waals surface area (Å²) in [5.41, 5.74) is 8.11. The van der Waals surface area contributed by atoms with E-state index in [1.165, 1.54) is 11.1 Å². The molecule has 0 atom stereocenters. The van der Waals surface area contributed by atoms with Gasteiger partial charge >= 0.3 is 0 Å². The molecule has 1 aromatic carbocycles. The third-order valence-corrected chi connectivity index (χ3v) is 3.71. The maximum Gasteiger partial charge on any atom is 0.223 e. The zero-order valence-electron chi connectivity index (χ0n) is 13.6. The summed E-state index contributed by atoms with van der Waals surface area (Å²) < 4.78 is 0. The zero-order valence-corrected chi connectivity index (χ0v) is 13.6. The molecule has 0 bridgehead atoms. The number of amides is 1. The average Bonchev–Trinajstić information content (AvgIpc) is 2.50. The molecule has 0 fully saturated rings. The van der Waals surface area contributed by atoms with Gasteiger partial charge in [0.15, 0.2) is 0 Å². The summed E-state index contributed by atoms with van der Waals surface area (Å²) in [5.74, 6) is 0.191. The minimum absolute atomic E-state index is 0.191. The van der Waals surface area contributed by atoms with Crippen molar-refractivity contribution in [3.8, 4) is 0 Å². The number of carbonyl (C=O) groups excluding carboxylic acids is 1. The maximum absolute atomic E-state index is 11.9. The minimum atomic E-state index is 0.191. The smallest absolute Gasteiger partial charge is 0.223 e. The maximum atomic E-state index is 11.9. The van der Waals surface area contributed by atoms with Crippen LogP contribution in [0.5, 0.6) is 0 Å². The van der Waals surface area contributed by atoms with Gasteiger partial charge in [-0.2, -0.15) is 0 Å². The van der Waals surface area contributed by atoms with Crippen molar-refractivity contribution >= 4 is 5.91 Å². The third kappa shape index (κ3) is 6.74. The molecule has 4 nitrogen and oxygen atoms in total. The van der Waals surface area contributed by atoms with Gasteiger partial charge in [-0.25, -0.2) is 0 Å². The van der Waals surface area contributed by atoms with E-state index in [9.17, 15) is 4.79 Å². The minimum Gasteiger partial charge on any atom is -0.346 e. The van der Waals surface area contributed by atoms with Crippen molar-refractivity contribution < 1.29 is 4.79 Å². The number of benzene rings is 1. The highest BCUT2D eigenvalue weighted by molar-refractivity contribution is 5.76. The lowest BCUT2D eigenvalue weighted by Gasteiger charge is -2.20. The van der Waals surface area contributed by atoms with Crippen LogP contribution >= 0.6 is 0 Å². The van der Waals surface area contributed by atoms with Crippen LogP contribution in [0.25, 0.3) is 0 Å². The molecule has 0 aliphatic heterocycles. The molecule has 2 N–H and O–H groups in total. The molecule has 0 saturated carbocycles. The molecule has 0 aliphatic rings. The highest BCUT2D eigenvalue weighted by atomic mass is 16.2. The van der Waals surface area contributed by atoms with Crippen LogP contribution in [0.15, 0.2) is 24.3 Å². The van der Waals surface area contributed by atoms with E-state index < -0.39 is 0 Å². The quantitative estimate of drug-likeness (QED) is 0.756. The number of hydrogen-bond donors (Lipinski definition) is 1. The molecule has 0 radical (unpaired) electrons. The van der Waals surface area contributed by atoms with Crippen molar-refractivity contribution in [3.63, 3.8) is 0 Å². The van der Waals surface area contributed by atoms with E-state index in [1.54, 1.807) is 4.90 Å². The summed E-state index contributed by atoms with van der Waals surface area (Å²) >= 11 is 0. The van der Waals surface area contributed by atoms with E-state index >= 15 is 0 Å². The Morgan fingerprint density at radius 1 is 1.10 bits per heavy atom. The van der Waals surface area contributed by atoms with Gasteiger partial charge in [0.2, 0.25) is 5.91 Å². The van der Waals surface area contributed by atoms with Gasteiger partial charge in [-0.05, 0) is 37.6 Å². The molecular formula is C17H29N3O. The fourth-order valence-electron chi connectivity index (χ4n) is 2.20. The number of nitrogens with zero attached hydrogens (tertiary/aromatic N) is 2. The van der Waals surface area contributed by atoms with E-state index in [4.69, 9.17) is 5.73 Å². The second-order valence-corrected chi connectivity index (χ2v) is 5.62. The Labute approximate surface area is 128 Å². The topological polar surface area (TPSA) is 49.6 Å². The van der Waals surface area contributed by atoms with Crippen molar-refractivity contribution in [1.82, 2.24) is 9.80 Å². The molecule has 0 heterocycles. The molecule has 0 aliphatic carbocycles. The van der Waals surface area contributed by atoms with Crippen LogP contribution in [0.2, 0.25) is 0 Å². The number of hydrogen-bond acceptors (Lipinski definition) is 3. The Kier molecular flexibility index (Phi) is 8.01. The monoisotopic (exact) mass is 291 g/mol. The normalized spacial score (nSPS) is 10.9. The number of aryl methyl sites for hydroxylation is 1. The highest BCUT2D eigenvalue weighted by Gasteiger charge is 2.09. The van der Waals surface area contributed by atoms with Crippen LogP contribution in [0.3, 0.4) is 0 Å². The zero-order chi connectivity index (χ0) is 15.7. The SMILES string of the molecule is CCc1ccc(CN(C)CCC(=O)N(C)CCCN)cc1. The van der Waals surface area contributed by atoms with Gasteiger partial charge in [0, 0.05) is 33.1 Å². The lowest BCUT2D eigenvalue weighted by molar-refractivity contribution is -0.130. The molecule has 118 valence electrons. The van der Waals surface area contributed by atoms with E-state index in [0.717, 1.165) is 32.5 Å². The van der Waals surface area contributed by atoms with Crippen molar-refractivity contribution in [2.45, 2.75) is 32.7 Å². The van der Waals surface area contributed by atoms with Crippen molar-refractivity contribution in [2.24, 2.45) is 5.73 Å². The van der Waals surface area contributed by atoms with Crippen LogP contribution < -0.4 is 5.73 Å². The van der Waals surface area contributed by atoms with E-state index in [1.807, 2.05) is 7.05 Å². The van der Waals surface area contributed by atoms with Crippen LogP contribution in [0.4, 0.5) is 0 Å². The first-order chi connectivity index (χ1) is 10.1. The Morgan fingerprint density at radius 2 is 1.71 bits per heavy atom. The summed E-state index contributed by atoms with van der Waals surface area (Å²) in [6, 6.07) is 8.69. The standard InChI is InChI=1S/C17H29N3O/c1-4-15-6-8-16(9-7-15)14-19(2)13-10-17(21)20(3)12-5-11-18/h6-9H,4-5,10-14,18H2,1-3H3. The Hall–Kier alpha value is -1.39. The first kappa shape index (κ1) is 17.7. The van der Waals surface area contributed by atoms with Crippen molar-refractivity contribution in [1.29, 1.82) is 0 Å². The largest absolute Gasteiger partial charge is 0.346 e. The van der Waals surface area contributed by atoms with Crippen LogP contribution in [-0.2, 0) is 17.8 Å². The lowest BCUT2D eigenvalue weighted by Crippen LogP contribution is -2.32. The number of carbonyl (C=O) groups is 1. The predicted molar refractivity (Wildman–Crippen MR) is 88.1 cm³/mol. The third-order valence-electron chi connectivity index (χ3n) is 3.71. The molecule has 4 heteroatoms. The van der Waals surface area contributed by atoms with Crippen molar-refractivity contribution in [3.05, 3.63) is 35.4 Å². The molecule has 0 saturated heterocycles. The highest BCUT2D eigenvalue weighted by Crippen LogP contribution is 2.07. The summed E-state index contributed by atoms with van der Waals surface area (Å²) in [5, 5.41) is 0. The Balaban J connectivity index is 2.32. The molecule has 0 spiro atoms. The first-order valence-electron chi connectivity index (χ1n) is 7.77. The summed E-state index contributed by atoms with van der Waals surface area (Å²) in [6.07, 6.45) is 2.49. The Bertz CT molecular complexity index is 417. The van der Waals surface area contributed by atoms with Gasteiger partial charge in [0.25, 0.3) is 0 Å². The summed E-state index contributed by atoms with van der Waals surface area (Å²) in [4.78, 5) is 15.9. The van der Waals surface area contributed by atoms with Gasteiger partial charge in [-0.3, -0.25) is 4.79 Å². The molecule has 0 unspecified atom stereocenters.